The second-order valence-corrected chi connectivity index (χ2v) is 3.77. The number of aryl methyl sites for hydroxylation is 2. The molecule has 0 aliphatic rings. The maximum atomic E-state index is 4.35. The predicted molar refractivity (Wildman–Crippen MR) is 62.0 cm³/mol. The molecular weight excluding hydrogens is 202 g/mol. The summed E-state index contributed by atoms with van der Waals surface area (Å²) in [6, 6.07) is 0. The molecule has 16 heavy (non-hydrogen) atoms. The van der Waals surface area contributed by atoms with Crippen LogP contribution in [0.15, 0.2) is 18.7 Å². The van der Waals surface area contributed by atoms with Crippen LogP contribution in [-0.4, -0.2) is 19.7 Å². The third kappa shape index (κ3) is 2.03. The van der Waals surface area contributed by atoms with Crippen LogP contribution in [0.1, 0.15) is 17.0 Å². The fraction of sp³-hybridized carbons (Fsp3) is 0.364. The van der Waals surface area contributed by atoms with Crippen LogP contribution in [-0.2, 0) is 13.6 Å². The lowest BCUT2D eigenvalue weighted by Crippen LogP contribution is -2.02. The Bertz CT molecular complexity index is 475. The van der Waals surface area contributed by atoms with Gasteiger partial charge in [-0.05, 0) is 13.8 Å². The van der Waals surface area contributed by atoms with Gasteiger partial charge in [0.2, 0.25) is 0 Å². The van der Waals surface area contributed by atoms with Crippen molar-refractivity contribution in [3.05, 3.63) is 35.7 Å². The van der Waals surface area contributed by atoms with E-state index in [1.807, 2.05) is 25.6 Å². The Morgan fingerprint density at radius 3 is 2.50 bits per heavy atom. The van der Waals surface area contributed by atoms with Gasteiger partial charge in [0.05, 0.1) is 17.1 Å². The molecule has 0 radical (unpaired) electrons. The van der Waals surface area contributed by atoms with E-state index in [2.05, 4.69) is 20.4 Å². The molecule has 0 aromatic carbocycles. The number of hydrogen-bond acceptors (Lipinski definition) is 4. The van der Waals surface area contributed by atoms with E-state index in [-0.39, 0.29) is 0 Å². The minimum absolute atomic E-state index is 0.716. The maximum Gasteiger partial charge on any atom is 0.115 e. The number of rotatable bonds is 3. The second-order valence-electron chi connectivity index (χ2n) is 3.77. The monoisotopic (exact) mass is 217 g/mol. The van der Waals surface area contributed by atoms with Crippen LogP contribution in [0.25, 0.3) is 0 Å². The topological polar surface area (TPSA) is 55.6 Å². The van der Waals surface area contributed by atoms with Gasteiger partial charge in [-0.25, -0.2) is 9.97 Å². The summed E-state index contributed by atoms with van der Waals surface area (Å²) in [5, 5.41) is 7.70. The van der Waals surface area contributed by atoms with E-state index in [1.165, 1.54) is 6.33 Å². The molecule has 0 saturated carbocycles. The predicted octanol–water partition coefficient (Wildman–Crippen LogP) is 1.44. The minimum Gasteiger partial charge on any atom is -0.378 e. The summed E-state index contributed by atoms with van der Waals surface area (Å²) in [4.78, 5) is 7.95. The van der Waals surface area contributed by atoms with Crippen LogP contribution in [0.4, 0.5) is 5.69 Å². The van der Waals surface area contributed by atoms with Gasteiger partial charge in [0.15, 0.2) is 0 Å². The Labute approximate surface area is 94.5 Å². The second kappa shape index (κ2) is 4.30. The smallest absolute Gasteiger partial charge is 0.115 e. The molecule has 2 heterocycles. The van der Waals surface area contributed by atoms with Gasteiger partial charge in [-0.15, -0.1) is 0 Å². The fourth-order valence-electron chi connectivity index (χ4n) is 1.64. The SMILES string of the molecule is Cc1nn(C)c(C)c1NCc1cncnc1. The maximum absolute atomic E-state index is 4.35. The van der Waals surface area contributed by atoms with Gasteiger partial charge in [0.1, 0.15) is 6.33 Å². The molecule has 5 heteroatoms. The van der Waals surface area contributed by atoms with Gasteiger partial charge in [0, 0.05) is 31.5 Å². The Morgan fingerprint density at radius 2 is 1.94 bits per heavy atom. The van der Waals surface area contributed by atoms with Crippen LogP contribution >= 0.6 is 0 Å². The largest absolute Gasteiger partial charge is 0.378 e. The standard InChI is InChI=1S/C11H15N5/c1-8-11(9(2)16(3)15-8)14-6-10-4-12-7-13-5-10/h4-5,7,14H,6H2,1-3H3. The molecule has 5 nitrogen and oxygen atoms in total. The van der Waals surface area contributed by atoms with Crippen LogP contribution in [0.2, 0.25) is 0 Å². The van der Waals surface area contributed by atoms with Crippen molar-refractivity contribution in [3.8, 4) is 0 Å². The van der Waals surface area contributed by atoms with E-state index < -0.39 is 0 Å². The number of nitrogens with one attached hydrogen (secondary N) is 1. The van der Waals surface area contributed by atoms with Gasteiger partial charge >= 0.3 is 0 Å². The molecule has 1 N–H and O–H groups in total. The highest BCUT2D eigenvalue weighted by molar-refractivity contribution is 5.52. The lowest BCUT2D eigenvalue weighted by Gasteiger charge is -2.05. The van der Waals surface area contributed by atoms with Crippen molar-refractivity contribution in [2.75, 3.05) is 5.32 Å². The zero-order valence-corrected chi connectivity index (χ0v) is 9.73. The van der Waals surface area contributed by atoms with Crippen LogP contribution < -0.4 is 5.32 Å². The molecule has 0 atom stereocenters. The summed E-state index contributed by atoms with van der Waals surface area (Å²) in [5.41, 5.74) is 4.29. The average molecular weight is 217 g/mol. The number of aromatic nitrogens is 4. The molecule has 0 unspecified atom stereocenters. The van der Waals surface area contributed by atoms with Gasteiger partial charge in [0.25, 0.3) is 0 Å². The van der Waals surface area contributed by atoms with Gasteiger partial charge < -0.3 is 5.32 Å². The third-order valence-corrected chi connectivity index (χ3v) is 2.59. The zero-order chi connectivity index (χ0) is 11.5. The highest BCUT2D eigenvalue weighted by Gasteiger charge is 2.08. The van der Waals surface area contributed by atoms with E-state index in [4.69, 9.17) is 0 Å². The minimum atomic E-state index is 0.716. The molecule has 2 aromatic heterocycles. The number of anilines is 1. The number of nitrogens with zero attached hydrogens (tertiary/aromatic N) is 4. The Kier molecular flexibility index (Phi) is 2.85. The highest BCUT2D eigenvalue weighted by atomic mass is 15.3. The lowest BCUT2D eigenvalue weighted by atomic mass is 10.3. The van der Waals surface area contributed by atoms with Crippen molar-refractivity contribution in [3.63, 3.8) is 0 Å². The van der Waals surface area contributed by atoms with E-state index >= 15 is 0 Å². The van der Waals surface area contributed by atoms with Crippen LogP contribution in [0.5, 0.6) is 0 Å². The van der Waals surface area contributed by atoms with Gasteiger partial charge in [-0.3, -0.25) is 4.68 Å². The molecule has 0 aliphatic carbocycles. The summed E-state index contributed by atoms with van der Waals surface area (Å²) in [6.45, 7) is 4.76. The molecule has 0 bridgehead atoms. The van der Waals surface area contributed by atoms with Crippen molar-refractivity contribution in [2.45, 2.75) is 20.4 Å². The van der Waals surface area contributed by atoms with E-state index in [0.29, 0.717) is 6.54 Å². The number of hydrogen-bond donors (Lipinski definition) is 1. The summed E-state index contributed by atoms with van der Waals surface area (Å²) in [6.07, 6.45) is 5.14. The average Bonchev–Trinajstić information content (AvgIpc) is 2.53. The van der Waals surface area contributed by atoms with E-state index in [9.17, 15) is 0 Å². The van der Waals surface area contributed by atoms with Gasteiger partial charge in [-0.1, -0.05) is 0 Å². The van der Waals surface area contributed by atoms with E-state index in [1.54, 1.807) is 12.4 Å². The molecule has 0 aliphatic heterocycles. The normalized spacial score (nSPS) is 10.4. The van der Waals surface area contributed by atoms with Crippen LogP contribution in [0, 0.1) is 13.8 Å². The first kappa shape index (κ1) is 10.6. The first-order chi connectivity index (χ1) is 7.68. The molecule has 0 fully saturated rings. The zero-order valence-electron chi connectivity index (χ0n) is 9.73. The highest BCUT2D eigenvalue weighted by Crippen LogP contribution is 2.18. The van der Waals surface area contributed by atoms with E-state index in [0.717, 1.165) is 22.6 Å². The Morgan fingerprint density at radius 1 is 1.25 bits per heavy atom. The van der Waals surface area contributed by atoms with Crippen molar-refractivity contribution in [1.29, 1.82) is 0 Å². The summed E-state index contributed by atoms with van der Waals surface area (Å²) in [5.74, 6) is 0. The van der Waals surface area contributed by atoms with Crippen molar-refractivity contribution in [2.24, 2.45) is 7.05 Å². The van der Waals surface area contributed by atoms with Crippen molar-refractivity contribution >= 4 is 5.69 Å². The Balaban J connectivity index is 2.11. The first-order valence-electron chi connectivity index (χ1n) is 5.16. The van der Waals surface area contributed by atoms with Crippen molar-refractivity contribution in [1.82, 2.24) is 19.7 Å². The molecule has 2 aromatic rings. The molecule has 0 spiro atoms. The summed E-state index contributed by atoms with van der Waals surface area (Å²) < 4.78 is 1.87. The molecule has 0 saturated heterocycles. The quantitative estimate of drug-likeness (QED) is 0.845. The molecule has 2 rings (SSSR count). The third-order valence-electron chi connectivity index (χ3n) is 2.59. The molecule has 0 amide bonds. The van der Waals surface area contributed by atoms with Gasteiger partial charge in [-0.2, -0.15) is 5.10 Å². The Hall–Kier alpha value is -1.91. The van der Waals surface area contributed by atoms with Crippen molar-refractivity contribution < 1.29 is 0 Å². The first-order valence-corrected chi connectivity index (χ1v) is 5.16. The fourth-order valence-corrected chi connectivity index (χ4v) is 1.64. The molecular formula is C11H15N5. The summed E-state index contributed by atoms with van der Waals surface area (Å²) in [7, 11) is 1.94. The molecule has 84 valence electrons. The summed E-state index contributed by atoms with van der Waals surface area (Å²) >= 11 is 0. The van der Waals surface area contributed by atoms with Crippen LogP contribution in [0.3, 0.4) is 0 Å². The lowest BCUT2D eigenvalue weighted by molar-refractivity contribution is 0.731.